The smallest absolute Gasteiger partial charge is 0.255 e. The number of oxazole rings is 1. The second-order valence-corrected chi connectivity index (χ2v) is 8.75. The summed E-state index contributed by atoms with van der Waals surface area (Å²) in [4.78, 5) is 11.4. The molecule has 1 saturated heterocycles. The molecule has 3 heterocycles. The summed E-state index contributed by atoms with van der Waals surface area (Å²) in [6.07, 6.45) is 1.85. The number of hydrogen-bond acceptors (Lipinski definition) is 7. The lowest BCUT2D eigenvalue weighted by atomic mass is 9.94. The SMILES string of the molecule is CC(C)(C)c1cnc(SC[C@@H]2CN=C(N3CCOCC3)S2)o1. The van der Waals surface area contributed by atoms with Crippen LogP contribution in [0.1, 0.15) is 26.5 Å². The Morgan fingerprint density at radius 3 is 2.82 bits per heavy atom. The average Bonchev–Trinajstić information content (AvgIpc) is 3.15. The molecule has 5 nitrogen and oxygen atoms in total. The molecule has 0 saturated carbocycles. The van der Waals surface area contributed by atoms with Crippen LogP contribution in [-0.4, -0.2) is 58.9 Å². The van der Waals surface area contributed by atoms with Crippen LogP contribution < -0.4 is 0 Å². The molecular formula is C15H23N3O2S2. The van der Waals surface area contributed by atoms with Crippen molar-refractivity contribution < 1.29 is 9.15 Å². The van der Waals surface area contributed by atoms with Crippen molar-refractivity contribution in [3.63, 3.8) is 0 Å². The van der Waals surface area contributed by atoms with Gasteiger partial charge in [0, 0.05) is 29.5 Å². The van der Waals surface area contributed by atoms with Gasteiger partial charge in [-0.3, -0.25) is 4.99 Å². The van der Waals surface area contributed by atoms with E-state index in [0.717, 1.165) is 49.6 Å². The summed E-state index contributed by atoms with van der Waals surface area (Å²) in [5, 5.41) is 2.45. The van der Waals surface area contributed by atoms with Crippen LogP contribution in [-0.2, 0) is 10.2 Å². The molecule has 1 atom stereocenters. The van der Waals surface area contributed by atoms with E-state index in [1.807, 2.05) is 18.0 Å². The maximum absolute atomic E-state index is 5.83. The number of aromatic nitrogens is 1. The number of ether oxygens (including phenoxy) is 1. The highest BCUT2D eigenvalue weighted by Crippen LogP contribution is 2.31. The number of morpholine rings is 1. The molecule has 1 aromatic rings. The normalized spacial score (nSPS) is 23.0. The summed E-state index contributed by atoms with van der Waals surface area (Å²) in [5.74, 6) is 1.92. The summed E-state index contributed by atoms with van der Waals surface area (Å²) in [6, 6.07) is 0. The van der Waals surface area contributed by atoms with Gasteiger partial charge in [-0.1, -0.05) is 44.3 Å². The van der Waals surface area contributed by atoms with Gasteiger partial charge in [-0.05, 0) is 0 Å². The molecule has 2 aliphatic rings. The molecule has 0 radical (unpaired) electrons. The van der Waals surface area contributed by atoms with Crippen LogP contribution in [0.3, 0.4) is 0 Å². The quantitative estimate of drug-likeness (QED) is 0.788. The molecule has 0 aliphatic carbocycles. The van der Waals surface area contributed by atoms with E-state index in [9.17, 15) is 0 Å². The minimum atomic E-state index is 0.0144. The van der Waals surface area contributed by atoms with Gasteiger partial charge in [-0.15, -0.1) is 0 Å². The first kappa shape index (κ1) is 16.2. The lowest BCUT2D eigenvalue weighted by Crippen LogP contribution is -2.39. The molecule has 0 unspecified atom stereocenters. The summed E-state index contributed by atoms with van der Waals surface area (Å²) >= 11 is 3.57. The molecule has 0 spiro atoms. The van der Waals surface area contributed by atoms with Gasteiger partial charge in [-0.2, -0.15) is 0 Å². The van der Waals surface area contributed by atoms with Crippen LogP contribution in [0.4, 0.5) is 0 Å². The molecule has 3 rings (SSSR count). The van der Waals surface area contributed by atoms with Crippen LogP contribution in [0.25, 0.3) is 0 Å². The van der Waals surface area contributed by atoms with E-state index in [-0.39, 0.29) is 5.41 Å². The zero-order valence-electron chi connectivity index (χ0n) is 13.4. The van der Waals surface area contributed by atoms with Crippen molar-refractivity contribution in [2.45, 2.75) is 36.7 Å². The van der Waals surface area contributed by atoms with E-state index in [1.54, 1.807) is 11.8 Å². The van der Waals surface area contributed by atoms with Gasteiger partial charge in [0.05, 0.1) is 26.0 Å². The third-order valence-corrected chi connectivity index (χ3v) is 6.06. The first-order chi connectivity index (χ1) is 10.5. The average molecular weight is 342 g/mol. The Kier molecular flexibility index (Phi) is 5.04. The Morgan fingerprint density at radius 2 is 2.14 bits per heavy atom. The number of hydrogen-bond donors (Lipinski definition) is 0. The predicted molar refractivity (Wildman–Crippen MR) is 92.0 cm³/mol. The number of nitrogens with zero attached hydrogens (tertiary/aromatic N) is 3. The molecule has 122 valence electrons. The highest BCUT2D eigenvalue weighted by molar-refractivity contribution is 8.15. The Balaban J connectivity index is 1.46. The summed E-state index contributed by atoms with van der Waals surface area (Å²) < 4.78 is 11.2. The van der Waals surface area contributed by atoms with Crippen molar-refractivity contribution in [3.05, 3.63) is 12.0 Å². The van der Waals surface area contributed by atoms with E-state index in [1.165, 1.54) is 5.17 Å². The second kappa shape index (κ2) is 6.84. The Bertz CT molecular complexity index is 533. The zero-order chi connectivity index (χ0) is 15.6. The van der Waals surface area contributed by atoms with E-state index >= 15 is 0 Å². The van der Waals surface area contributed by atoms with Gasteiger partial charge in [0.15, 0.2) is 5.17 Å². The molecule has 2 aliphatic heterocycles. The predicted octanol–water partition coefficient (Wildman–Crippen LogP) is 2.87. The standard InChI is InChI=1S/C15H23N3O2S2/c1-15(2,3)12-9-17-14(20-12)21-10-11-8-16-13(22-11)18-4-6-19-7-5-18/h9,11H,4-8,10H2,1-3H3/t11-/m0/s1. The molecule has 0 amide bonds. The second-order valence-electron chi connectivity index (χ2n) is 6.51. The monoisotopic (exact) mass is 341 g/mol. The third kappa shape index (κ3) is 4.00. The van der Waals surface area contributed by atoms with Crippen LogP contribution >= 0.6 is 23.5 Å². The molecule has 0 aromatic carbocycles. The number of thioether (sulfide) groups is 2. The van der Waals surface area contributed by atoms with Crippen LogP contribution in [0.15, 0.2) is 20.8 Å². The maximum atomic E-state index is 5.83. The van der Waals surface area contributed by atoms with Crippen LogP contribution in [0.2, 0.25) is 0 Å². The molecule has 1 fully saturated rings. The number of aliphatic imine (C=N–C) groups is 1. The Hall–Kier alpha value is -0.660. The maximum Gasteiger partial charge on any atom is 0.255 e. The summed E-state index contributed by atoms with van der Waals surface area (Å²) in [7, 11) is 0. The first-order valence-electron chi connectivity index (χ1n) is 7.65. The fourth-order valence-corrected chi connectivity index (χ4v) is 4.37. The van der Waals surface area contributed by atoms with Crippen molar-refractivity contribution in [2.24, 2.45) is 4.99 Å². The molecule has 7 heteroatoms. The Labute approximate surface area is 140 Å². The molecule has 1 aromatic heterocycles. The van der Waals surface area contributed by atoms with E-state index in [0.29, 0.717) is 5.25 Å². The molecule has 0 bridgehead atoms. The van der Waals surface area contributed by atoms with Gasteiger partial charge >= 0.3 is 0 Å². The Morgan fingerprint density at radius 1 is 1.36 bits per heavy atom. The third-order valence-electron chi connectivity index (χ3n) is 3.60. The van der Waals surface area contributed by atoms with Crippen molar-refractivity contribution in [1.82, 2.24) is 9.88 Å². The molecule has 22 heavy (non-hydrogen) atoms. The molecule has 0 N–H and O–H groups in total. The summed E-state index contributed by atoms with van der Waals surface area (Å²) in [6.45, 7) is 10.8. The largest absolute Gasteiger partial charge is 0.436 e. The van der Waals surface area contributed by atoms with E-state index in [4.69, 9.17) is 9.15 Å². The van der Waals surface area contributed by atoms with Gasteiger partial charge in [0.2, 0.25) is 0 Å². The lowest BCUT2D eigenvalue weighted by molar-refractivity contribution is 0.0693. The highest BCUT2D eigenvalue weighted by atomic mass is 32.2. The summed E-state index contributed by atoms with van der Waals surface area (Å²) in [5.41, 5.74) is 0.0144. The van der Waals surface area contributed by atoms with Crippen molar-refractivity contribution in [1.29, 1.82) is 0 Å². The minimum absolute atomic E-state index is 0.0144. The van der Waals surface area contributed by atoms with Crippen molar-refractivity contribution in [2.75, 3.05) is 38.6 Å². The minimum Gasteiger partial charge on any atom is -0.436 e. The fraction of sp³-hybridized carbons (Fsp3) is 0.733. The van der Waals surface area contributed by atoms with Gasteiger partial charge in [0.25, 0.3) is 5.22 Å². The number of rotatable bonds is 3. The zero-order valence-corrected chi connectivity index (χ0v) is 15.0. The van der Waals surface area contributed by atoms with Crippen LogP contribution in [0, 0.1) is 0 Å². The van der Waals surface area contributed by atoms with E-state index < -0.39 is 0 Å². The lowest BCUT2D eigenvalue weighted by Gasteiger charge is -2.28. The van der Waals surface area contributed by atoms with E-state index in [2.05, 4.69) is 35.6 Å². The topological polar surface area (TPSA) is 50.9 Å². The van der Waals surface area contributed by atoms with Gasteiger partial charge in [0.1, 0.15) is 5.76 Å². The van der Waals surface area contributed by atoms with Crippen LogP contribution in [0.5, 0.6) is 0 Å². The van der Waals surface area contributed by atoms with Crippen molar-refractivity contribution >= 4 is 28.7 Å². The highest BCUT2D eigenvalue weighted by Gasteiger charge is 2.26. The van der Waals surface area contributed by atoms with Gasteiger partial charge in [-0.25, -0.2) is 4.98 Å². The first-order valence-corrected chi connectivity index (χ1v) is 9.52. The fourth-order valence-electron chi connectivity index (χ4n) is 2.26. The molecular weight excluding hydrogens is 318 g/mol. The number of amidine groups is 1. The van der Waals surface area contributed by atoms with Gasteiger partial charge < -0.3 is 14.1 Å². The van der Waals surface area contributed by atoms with Crippen molar-refractivity contribution in [3.8, 4) is 0 Å².